The van der Waals surface area contributed by atoms with E-state index >= 15 is 0 Å². The van der Waals surface area contributed by atoms with Crippen LogP contribution in [0.2, 0.25) is 0 Å². The number of hydrogen-bond donors (Lipinski definition) is 0. The average Bonchev–Trinajstić information content (AvgIpc) is 2.97. The first-order valence-electron chi connectivity index (χ1n) is 10.2. The van der Waals surface area contributed by atoms with Gasteiger partial charge in [-0.05, 0) is 43.0 Å². The number of carboxylic acids is 1. The van der Waals surface area contributed by atoms with Crippen molar-refractivity contribution in [2.24, 2.45) is 0 Å². The second-order valence-corrected chi connectivity index (χ2v) is 8.08. The molecule has 0 fully saturated rings. The quantitative estimate of drug-likeness (QED) is 0.499. The Kier molecular flexibility index (Phi) is 5.20. The molecule has 0 radical (unpaired) electrons. The Morgan fingerprint density at radius 2 is 1.83 bits per heavy atom. The highest BCUT2D eigenvalue weighted by Crippen LogP contribution is 2.41. The van der Waals surface area contributed by atoms with Gasteiger partial charge >= 0.3 is 0 Å². The predicted octanol–water partition coefficient (Wildman–Crippen LogP) is 2.88. The van der Waals surface area contributed by atoms with E-state index in [4.69, 9.17) is 4.42 Å². The van der Waals surface area contributed by atoms with E-state index in [1.165, 1.54) is 0 Å². The summed E-state index contributed by atoms with van der Waals surface area (Å²) in [6.45, 7) is 0. The molecule has 0 saturated carbocycles. The van der Waals surface area contributed by atoms with Crippen molar-refractivity contribution in [2.45, 2.75) is 19.3 Å². The van der Waals surface area contributed by atoms with Crippen LogP contribution in [-0.4, -0.2) is 34.2 Å². The lowest BCUT2D eigenvalue weighted by Gasteiger charge is -2.21. The molecule has 5 heteroatoms. The minimum absolute atomic E-state index is 0.259. The van der Waals surface area contributed by atoms with Crippen molar-refractivity contribution in [1.82, 2.24) is 4.58 Å². The molecule has 0 atom stereocenters. The Labute approximate surface area is 176 Å². The van der Waals surface area contributed by atoms with Crippen LogP contribution in [0.4, 0.5) is 5.69 Å². The number of nitrogens with zero attached hydrogens (tertiary/aromatic N) is 2. The first-order chi connectivity index (χ1) is 14.4. The van der Waals surface area contributed by atoms with Crippen LogP contribution in [0, 0.1) is 0 Å². The fourth-order valence-corrected chi connectivity index (χ4v) is 3.97. The van der Waals surface area contributed by atoms with Crippen LogP contribution in [0.3, 0.4) is 0 Å². The molecule has 4 rings (SSSR count). The first kappa shape index (κ1) is 20.0. The number of benzene rings is 2. The van der Waals surface area contributed by atoms with Crippen molar-refractivity contribution in [3.05, 3.63) is 65.0 Å². The molecule has 2 aliphatic carbocycles. The average molecular weight is 402 g/mol. The van der Waals surface area contributed by atoms with E-state index in [0.29, 0.717) is 5.57 Å². The molecule has 0 bridgehead atoms. The maximum Gasteiger partial charge on any atom is 0.203 e. The largest absolute Gasteiger partial charge is 0.545 e. The molecule has 0 unspecified atom stereocenters. The van der Waals surface area contributed by atoms with Gasteiger partial charge in [0, 0.05) is 54.0 Å². The zero-order valence-electron chi connectivity index (χ0n) is 17.9. The van der Waals surface area contributed by atoms with Crippen molar-refractivity contribution in [1.29, 1.82) is 0 Å². The van der Waals surface area contributed by atoms with Crippen LogP contribution in [0.25, 0.3) is 27.9 Å². The normalized spacial score (nSPS) is 14.3. The van der Waals surface area contributed by atoms with Gasteiger partial charge in [-0.15, -0.1) is 0 Å². The maximum absolute atomic E-state index is 12.0. The summed E-state index contributed by atoms with van der Waals surface area (Å²) in [6, 6.07) is 12.1. The van der Waals surface area contributed by atoms with E-state index in [1.54, 1.807) is 6.08 Å². The van der Waals surface area contributed by atoms with Crippen LogP contribution in [-0.2, 0) is 4.79 Å². The van der Waals surface area contributed by atoms with E-state index in [9.17, 15) is 9.90 Å². The number of aliphatic carboxylic acids is 1. The number of hydrogen-bond acceptors (Lipinski definition) is 4. The van der Waals surface area contributed by atoms with Crippen LogP contribution >= 0.6 is 0 Å². The van der Waals surface area contributed by atoms with E-state index in [2.05, 4.69) is 0 Å². The van der Waals surface area contributed by atoms with Gasteiger partial charge in [0.05, 0.1) is 12.0 Å². The topological polar surface area (TPSA) is 59.5 Å². The third-order valence-corrected chi connectivity index (χ3v) is 5.61. The maximum atomic E-state index is 12.0. The van der Waals surface area contributed by atoms with Crippen LogP contribution in [0.1, 0.15) is 24.8 Å². The Hall–Kier alpha value is -3.34. The summed E-state index contributed by atoms with van der Waals surface area (Å²) in [7, 11) is 7.94. The number of rotatable bonds is 3. The summed E-state index contributed by atoms with van der Waals surface area (Å²) >= 11 is 0. The monoisotopic (exact) mass is 402 g/mol. The van der Waals surface area contributed by atoms with Crippen molar-refractivity contribution >= 4 is 28.2 Å². The van der Waals surface area contributed by atoms with Crippen molar-refractivity contribution in [3.8, 4) is 11.3 Å². The second kappa shape index (κ2) is 7.82. The van der Waals surface area contributed by atoms with Gasteiger partial charge in [-0.3, -0.25) is 0 Å². The highest BCUT2D eigenvalue weighted by atomic mass is 16.4. The molecular weight excluding hydrogens is 376 g/mol. The first-order valence-corrected chi connectivity index (χ1v) is 10.2. The SMILES string of the molecule is CN(C)c1ccc2c(C3=CCCCC=C3C(=O)[O-])c3ccc(=[N+](C)C)cc-3oc2c1. The van der Waals surface area contributed by atoms with E-state index < -0.39 is 5.97 Å². The Morgan fingerprint density at radius 1 is 1.07 bits per heavy atom. The smallest absolute Gasteiger partial charge is 0.203 e. The summed E-state index contributed by atoms with van der Waals surface area (Å²) in [4.78, 5) is 14.0. The molecule has 0 amide bonds. The Bertz CT molecular complexity index is 1240. The Morgan fingerprint density at radius 3 is 2.53 bits per heavy atom. The molecular formula is C25H26N2O3. The van der Waals surface area contributed by atoms with E-state index in [1.807, 2.05) is 80.1 Å². The molecule has 1 aromatic rings. The van der Waals surface area contributed by atoms with Gasteiger partial charge < -0.3 is 19.2 Å². The molecule has 0 spiro atoms. The fourth-order valence-electron chi connectivity index (χ4n) is 3.97. The fraction of sp³-hybridized carbons (Fsp3) is 0.280. The number of fused-ring (bicyclic) bond motifs is 2. The number of anilines is 1. The third kappa shape index (κ3) is 3.52. The lowest BCUT2D eigenvalue weighted by molar-refractivity contribution is -0.298. The standard InChI is InChI=1S/C25H26N2O3/c1-26(2)16-10-12-20-22(14-16)30-23-15-17(27(3)4)11-13-21(23)24(20)18-8-6-5-7-9-19(18)25(28)29/h8-15H,5-7H2,1-4H3. The van der Waals surface area contributed by atoms with Gasteiger partial charge in [0.2, 0.25) is 5.36 Å². The molecule has 1 aliphatic heterocycles. The molecule has 5 nitrogen and oxygen atoms in total. The third-order valence-electron chi connectivity index (χ3n) is 5.61. The highest BCUT2D eigenvalue weighted by molar-refractivity contribution is 6.11. The number of allylic oxidation sites excluding steroid dienone is 2. The lowest BCUT2D eigenvalue weighted by atomic mass is 9.89. The lowest BCUT2D eigenvalue weighted by Crippen LogP contribution is -2.25. The van der Waals surface area contributed by atoms with Crippen molar-refractivity contribution < 1.29 is 14.3 Å². The highest BCUT2D eigenvalue weighted by Gasteiger charge is 2.22. The molecule has 30 heavy (non-hydrogen) atoms. The minimum atomic E-state index is -1.14. The van der Waals surface area contributed by atoms with Gasteiger partial charge in [-0.1, -0.05) is 12.2 Å². The Balaban J connectivity index is 2.13. The van der Waals surface area contributed by atoms with Gasteiger partial charge in [0.25, 0.3) is 0 Å². The zero-order valence-corrected chi connectivity index (χ0v) is 17.9. The second-order valence-electron chi connectivity index (χ2n) is 8.08. The molecule has 0 aromatic heterocycles. The van der Waals surface area contributed by atoms with Crippen LogP contribution in [0.5, 0.6) is 0 Å². The predicted molar refractivity (Wildman–Crippen MR) is 119 cm³/mol. The summed E-state index contributed by atoms with van der Waals surface area (Å²) in [6.07, 6.45) is 6.29. The van der Waals surface area contributed by atoms with Gasteiger partial charge in [0.15, 0.2) is 0 Å². The summed E-state index contributed by atoms with van der Waals surface area (Å²) in [5.74, 6) is -0.414. The molecule has 1 aromatic carbocycles. The van der Waals surface area contributed by atoms with E-state index in [0.717, 1.165) is 58.2 Å². The van der Waals surface area contributed by atoms with Crippen LogP contribution in [0.15, 0.2) is 58.5 Å². The molecule has 3 aliphatic rings. The number of carbonyl (C=O) groups excluding carboxylic acids is 1. The number of carbonyl (C=O) groups is 1. The van der Waals surface area contributed by atoms with Crippen molar-refractivity contribution in [2.75, 3.05) is 33.1 Å². The van der Waals surface area contributed by atoms with Gasteiger partial charge in [-0.25, -0.2) is 4.58 Å². The van der Waals surface area contributed by atoms with Gasteiger partial charge in [0.1, 0.15) is 25.4 Å². The van der Waals surface area contributed by atoms with Crippen molar-refractivity contribution in [3.63, 3.8) is 0 Å². The zero-order chi connectivity index (χ0) is 21.4. The molecule has 0 N–H and O–H groups in total. The van der Waals surface area contributed by atoms with Gasteiger partial charge in [-0.2, -0.15) is 0 Å². The number of carboxylic acid groups (broad SMARTS) is 1. The molecule has 0 saturated heterocycles. The summed E-state index contributed by atoms with van der Waals surface area (Å²) in [5.41, 5.74) is 4.50. The summed E-state index contributed by atoms with van der Waals surface area (Å²) < 4.78 is 8.34. The summed E-state index contributed by atoms with van der Waals surface area (Å²) in [5, 5.41) is 13.9. The molecule has 1 heterocycles. The van der Waals surface area contributed by atoms with Crippen LogP contribution < -0.4 is 19.9 Å². The minimum Gasteiger partial charge on any atom is -0.545 e. The molecule has 154 valence electrons. The van der Waals surface area contributed by atoms with E-state index in [-0.39, 0.29) is 5.57 Å².